The molecule has 0 aromatic rings. The standard InChI is InChI=1S/C8H15N.ClH/c9-7-5-8(6-7)3-1-2-4-8;/h7H,1-6,9H2;1H. The van der Waals surface area contributed by atoms with Crippen LogP contribution >= 0.6 is 12.4 Å². The smallest absolute Gasteiger partial charge is 0.00494 e. The molecule has 1 nitrogen and oxygen atoms in total. The van der Waals surface area contributed by atoms with E-state index in [1.54, 1.807) is 0 Å². The van der Waals surface area contributed by atoms with Gasteiger partial charge in [0.2, 0.25) is 0 Å². The molecule has 0 aromatic carbocycles. The van der Waals surface area contributed by atoms with Crippen LogP contribution < -0.4 is 5.73 Å². The van der Waals surface area contributed by atoms with E-state index in [2.05, 4.69) is 0 Å². The summed E-state index contributed by atoms with van der Waals surface area (Å²) >= 11 is 0. The lowest BCUT2D eigenvalue weighted by molar-refractivity contribution is 0.113. The zero-order valence-electron chi connectivity index (χ0n) is 6.31. The molecule has 0 amide bonds. The summed E-state index contributed by atoms with van der Waals surface area (Å²) in [5.41, 5.74) is 6.50. The molecule has 0 aromatic heterocycles. The van der Waals surface area contributed by atoms with Gasteiger partial charge in [-0.05, 0) is 31.1 Å². The second-order valence-corrected chi connectivity index (χ2v) is 3.88. The van der Waals surface area contributed by atoms with E-state index in [-0.39, 0.29) is 12.4 Å². The van der Waals surface area contributed by atoms with E-state index >= 15 is 0 Å². The molecule has 2 saturated carbocycles. The van der Waals surface area contributed by atoms with Crippen molar-refractivity contribution in [2.24, 2.45) is 11.1 Å². The van der Waals surface area contributed by atoms with Crippen LogP contribution in [0, 0.1) is 5.41 Å². The van der Waals surface area contributed by atoms with Gasteiger partial charge in [-0.1, -0.05) is 12.8 Å². The number of hydrogen-bond acceptors (Lipinski definition) is 1. The number of hydrogen-bond donors (Lipinski definition) is 1. The molecule has 2 rings (SSSR count). The van der Waals surface area contributed by atoms with Gasteiger partial charge in [0.15, 0.2) is 0 Å². The summed E-state index contributed by atoms with van der Waals surface area (Å²) in [6, 6.07) is 0.558. The van der Waals surface area contributed by atoms with Crippen LogP contribution in [-0.4, -0.2) is 6.04 Å². The van der Waals surface area contributed by atoms with Gasteiger partial charge < -0.3 is 5.73 Å². The molecule has 2 heteroatoms. The summed E-state index contributed by atoms with van der Waals surface area (Å²) in [4.78, 5) is 0. The van der Waals surface area contributed by atoms with Gasteiger partial charge in [-0.3, -0.25) is 0 Å². The van der Waals surface area contributed by atoms with E-state index in [1.165, 1.54) is 38.5 Å². The molecule has 2 aliphatic rings. The summed E-state index contributed by atoms with van der Waals surface area (Å²) in [5, 5.41) is 0. The molecule has 0 aliphatic heterocycles. The fraction of sp³-hybridized carbons (Fsp3) is 1.00. The highest BCUT2D eigenvalue weighted by Crippen LogP contribution is 2.52. The zero-order chi connectivity index (χ0) is 6.32. The Bertz CT molecular complexity index is 110. The van der Waals surface area contributed by atoms with Crippen molar-refractivity contribution in [2.45, 2.75) is 44.6 Å². The largest absolute Gasteiger partial charge is 0.328 e. The predicted molar refractivity (Wildman–Crippen MR) is 45.4 cm³/mol. The highest BCUT2D eigenvalue weighted by atomic mass is 35.5. The van der Waals surface area contributed by atoms with Gasteiger partial charge in [-0.25, -0.2) is 0 Å². The van der Waals surface area contributed by atoms with E-state index < -0.39 is 0 Å². The quantitative estimate of drug-likeness (QED) is 0.579. The lowest BCUT2D eigenvalue weighted by atomic mass is 9.65. The van der Waals surface area contributed by atoms with Crippen molar-refractivity contribution in [3.05, 3.63) is 0 Å². The third-order valence-corrected chi connectivity index (χ3v) is 3.05. The Morgan fingerprint density at radius 3 is 2.00 bits per heavy atom. The topological polar surface area (TPSA) is 26.0 Å². The van der Waals surface area contributed by atoms with Crippen molar-refractivity contribution in [2.75, 3.05) is 0 Å². The van der Waals surface area contributed by atoms with Gasteiger partial charge in [0.05, 0.1) is 0 Å². The summed E-state index contributed by atoms with van der Waals surface area (Å²) in [7, 11) is 0. The van der Waals surface area contributed by atoms with E-state index in [0.29, 0.717) is 6.04 Å². The highest BCUT2D eigenvalue weighted by Gasteiger charge is 2.43. The Hall–Kier alpha value is 0.250. The van der Waals surface area contributed by atoms with Gasteiger partial charge in [-0.2, -0.15) is 0 Å². The lowest BCUT2D eigenvalue weighted by Gasteiger charge is -2.43. The van der Waals surface area contributed by atoms with Crippen LogP contribution in [0.2, 0.25) is 0 Å². The van der Waals surface area contributed by atoms with Gasteiger partial charge in [0.25, 0.3) is 0 Å². The Labute approximate surface area is 68.8 Å². The van der Waals surface area contributed by atoms with Crippen molar-refractivity contribution in [3.63, 3.8) is 0 Å². The maximum Gasteiger partial charge on any atom is 0.00494 e. The third-order valence-electron chi connectivity index (χ3n) is 3.05. The Morgan fingerprint density at radius 2 is 1.60 bits per heavy atom. The summed E-state index contributed by atoms with van der Waals surface area (Å²) in [6.07, 6.45) is 8.53. The average Bonchev–Trinajstić information content (AvgIpc) is 2.12. The second-order valence-electron chi connectivity index (χ2n) is 3.88. The minimum Gasteiger partial charge on any atom is -0.328 e. The van der Waals surface area contributed by atoms with E-state index in [0.717, 1.165) is 5.41 Å². The first kappa shape index (κ1) is 8.35. The summed E-state index contributed by atoms with van der Waals surface area (Å²) < 4.78 is 0. The molecule has 0 saturated heterocycles. The Balaban J connectivity index is 0.000000500. The number of halogens is 1. The molecule has 10 heavy (non-hydrogen) atoms. The van der Waals surface area contributed by atoms with E-state index in [9.17, 15) is 0 Å². The fourth-order valence-electron chi connectivity index (χ4n) is 2.59. The predicted octanol–water partition coefficient (Wildman–Crippen LogP) is 2.09. The minimum atomic E-state index is 0. The Kier molecular flexibility index (Phi) is 2.26. The van der Waals surface area contributed by atoms with Gasteiger partial charge >= 0.3 is 0 Å². The van der Waals surface area contributed by atoms with Crippen LogP contribution in [-0.2, 0) is 0 Å². The third kappa shape index (κ3) is 1.17. The maximum absolute atomic E-state index is 5.73. The van der Waals surface area contributed by atoms with Gasteiger partial charge in [0.1, 0.15) is 0 Å². The zero-order valence-corrected chi connectivity index (χ0v) is 7.12. The van der Waals surface area contributed by atoms with Crippen molar-refractivity contribution >= 4 is 12.4 Å². The normalized spacial score (nSPS) is 29.7. The van der Waals surface area contributed by atoms with Crippen molar-refractivity contribution < 1.29 is 0 Å². The van der Waals surface area contributed by atoms with E-state index in [4.69, 9.17) is 5.73 Å². The molecular weight excluding hydrogens is 146 g/mol. The highest BCUT2D eigenvalue weighted by molar-refractivity contribution is 5.85. The first-order valence-corrected chi connectivity index (χ1v) is 4.06. The molecule has 2 N–H and O–H groups in total. The SMILES string of the molecule is Cl.NC1CC2(CCCC2)C1. The first-order valence-electron chi connectivity index (χ1n) is 4.06. The molecule has 1 spiro atoms. The first-order chi connectivity index (χ1) is 4.31. The lowest BCUT2D eigenvalue weighted by Crippen LogP contribution is -2.44. The van der Waals surface area contributed by atoms with Crippen LogP contribution in [0.15, 0.2) is 0 Å². The molecule has 0 bridgehead atoms. The van der Waals surface area contributed by atoms with Gasteiger partial charge in [0, 0.05) is 6.04 Å². The Morgan fingerprint density at radius 1 is 1.10 bits per heavy atom. The van der Waals surface area contributed by atoms with Crippen molar-refractivity contribution in [1.29, 1.82) is 0 Å². The van der Waals surface area contributed by atoms with Crippen LogP contribution in [0.1, 0.15) is 38.5 Å². The minimum absolute atomic E-state index is 0. The summed E-state index contributed by atoms with van der Waals surface area (Å²) in [6.45, 7) is 0. The second kappa shape index (κ2) is 2.71. The maximum atomic E-state index is 5.73. The fourth-order valence-corrected chi connectivity index (χ4v) is 2.59. The molecular formula is C8H16ClN. The van der Waals surface area contributed by atoms with Crippen LogP contribution in [0.3, 0.4) is 0 Å². The average molecular weight is 162 g/mol. The van der Waals surface area contributed by atoms with E-state index in [1.807, 2.05) is 0 Å². The molecule has 0 heterocycles. The van der Waals surface area contributed by atoms with Crippen LogP contribution in [0.4, 0.5) is 0 Å². The van der Waals surface area contributed by atoms with Crippen molar-refractivity contribution in [3.8, 4) is 0 Å². The molecule has 60 valence electrons. The molecule has 2 aliphatic carbocycles. The monoisotopic (exact) mass is 161 g/mol. The molecule has 0 unspecified atom stereocenters. The molecule has 0 atom stereocenters. The van der Waals surface area contributed by atoms with Crippen LogP contribution in [0.5, 0.6) is 0 Å². The number of nitrogens with two attached hydrogens (primary N) is 1. The van der Waals surface area contributed by atoms with Gasteiger partial charge in [-0.15, -0.1) is 12.4 Å². The van der Waals surface area contributed by atoms with Crippen LogP contribution in [0.25, 0.3) is 0 Å². The summed E-state index contributed by atoms with van der Waals surface area (Å²) in [5.74, 6) is 0. The molecule has 0 radical (unpaired) electrons. The number of rotatable bonds is 0. The molecule has 2 fully saturated rings. The van der Waals surface area contributed by atoms with Crippen molar-refractivity contribution in [1.82, 2.24) is 0 Å².